The smallest absolute Gasteiger partial charge is 0.269 e. The van der Waals surface area contributed by atoms with Gasteiger partial charge in [-0.1, -0.05) is 71.9 Å². The van der Waals surface area contributed by atoms with Gasteiger partial charge in [0.25, 0.3) is 11.6 Å². The van der Waals surface area contributed by atoms with E-state index in [1.807, 2.05) is 60.0 Å². The zero-order valence-corrected chi connectivity index (χ0v) is 26.6. The van der Waals surface area contributed by atoms with Crippen molar-refractivity contribution in [1.29, 1.82) is 0 Å². The molecule has 0 radical (unpaired) electrons. The lowest BCUT2D eigenvalue weighted by atomic mass is 10.0. The third kappa shape index (κ3) is 7.29. The first kappa shape index (κ1) is 32.0. The molecular formula is C34H33N5O6S. The number of thioether (sulfide) groups is 1. The minimum Gasteiger partial charge on any atom is -0.493 e. The molecule has 0 bridgehead atoms. The standard InChI is InChI=1S/C34H33N5O6S/c1-22-9-8-12-24(17-22)21-46-34-37-36-32(38(34)26-13-15-27(16-14-26)39(41)42)28(18-23-10-6-5-7-11-23)35-33(40)25-19-29(43-2)31(45-4)30(20-25)44-3/h5-17,19-20,28H,18,21H2,1-4H3,(H,35,40). The Kier molecular flexibility index (Phi) is 10.2. The highest BCUT2D eigenvalue weighted by Crippen LogP contribution is 2.38. The highest BCUT2D eigenvalue weighted by atomic mass is 32.2. The Morgan fingerprint density at radius 3 is 2.17 bits per heavy atom. The summed E-state index contributed by atoms with van der Waals surface area (Å²) < 4.78 is 18.2. The van der Waals surface area contributed by atoms with Crippen molar-refractivity contribution in [3.05, 3.63) is 129 Å². The Hall–Kier alpha value is -5.36. The van der Waals surface area contributed by atoms with E-state index >= 15 is 0 Å². The number of carbonyl (C=O) groups excluding carboxylic acids is 1. The summed E-state index contributed by atoms with van der Waals surface area (Å²) in [6.07, 6.45) is 0.394. The lowest BCUT2D eigenvalue weighted by Gasteiger charge is -2.21. The summed E-state index contributed by atoms with van der Waals surface area (Å²) in [4.78, 5) is 24.8. The predicted octanol–water partition coefficient (Wildman–Crippen LogP) is 6.52. The quantitative estimate of drug-likeness (QED) is 0.0870. The fourth-order valence-corrected chi connectivity index (χ4v) is 5.93. The van der Waals surface area contributed by atoms with Gasteiger partial charge in [-0.2, -0.15) is 0 Å². The molecule has 236 valence electrons. The molecule has 1 amide bonds. The van der Waals surface area contributed by atoms with E-state index in [-0.39, 0.29) is 5.69 Å². The van der Waals surface area contributed by atoms with Gasteiger partial charge >= 0.3 is 0 Å². The Morgan fingerprint density at radius 2 is 1.57 bits per heavy atom. The van der Waals surface area contributed by atoms with Gasteiger partial charge in [-0.15, -0.1) is 10.2 Å². The van der Waals surface area contributed by atoms with E-state index in [4.69, 9.17) is 14.2 Å². The van der Waals surface area contributed by atoms with E-state index in [9.17, 15) is 14.9 Å². The maximum Gasteiger partial charge on any atom is 0.269 e. The summed E-state index contributed by atoms with van der Waals surface area (Å²) in [7, 11) is 4.47. The number of nitrogens with zero attached hydrogens (tertiary/aromatic N) is 4. The number of aromatic nitrogens is 3. The van der Waals surface area contributed by atoms with Gasteiger partial charge in [-0.05, 0) is 48.7 Å². The van der Waals surface area contributed by atoms with Crippen LogP contribution in [0.25, 0.3) is 5.69 Å². The van der Waals surface area contributed by atoms with Crippen LogP contribution >= 0.6 is 11.8 Å². The highest BCUT2D eigenvalue weighted by Gasteiger charge is 2.27. The van der Waals surface area contributed by atoms with Crippen LogP contribution in [0.5, 0.6) is 17.2 Å². The third-order valence-corrected chi connectivity index (χ3v) is 8.25. The number of non-ortho nitro benzene ring substituents is 1. The molecule has 0 spiro atoms. The van der Waals surface area contributed by atoms with Gasteiger partial charge in [0.2, 0.25) is 5.75 Å². The maximum absolute atomic E-state index is 13.9. The van der Waals surface area contributed by atoms with Gasteiger partial charge < -0.3 is 19.5 Å². The van der Waals surface area contributed by atoms with Crippen molar-refractivity contribution in [2.24, 2.45) is 0 Å². The molecular weight excluding hydrogens is 606 g/mol. The molecule has 1 atom stereocenters. The second-order valence-electron chi connectivity index (χ2n) is 10.4. The van der Waals surface area contributed by atoms with Crippen LogP contribution in [0.2, 0.25) is 0 Å². The van der Waals surface area contributed by atoms with Gasteiger partial charge in [0.15, 0.2) is 22.5 Å². The van der Waals surface area contributed by atoms with Crippen molar-refractivity contribution < 1.29 is 23.9 Å². The second kappa shape index (κ2) is 14.6. The summed E-state index contributed by atoms with van der Waals surface area (Å²) in [5.41, 5.74) is 4.10. The molecule has 46 heavy (non-hydrogen) atoms. The molecule has 1 unspecified atom stereocenters. The largest absolute Gasteiger partial charge is 0.493 e. The zero-order valence-electron chi connectivity index (χ0n) is 25.8. The molecule has 0 saturated carbocycles. The summed E-state index contributed by atoms with van der Waals surface area (Å²) in [6, 6.07) is 26.6. The monoisotopic (exact) mass is 639 g/mol. The van der Waals surface area contributed by atoms with Crippen LogP contribution in [0.1, 0.15) is 38.9 Å². The lowest BCUT2D eigenvalue weighted by molar-refractivity contribution is -0.384. The number of ether oxygens (including phenoxy) is 3. The van der Waals surface area contributed by atoms with Crippen LogP contribution in [0, 0.1) is 17.0 Å². The Balaban J connectivity index is 1.58. The van der Waals surface area contributed by atoms with Crippen LogP contribution in [0.3, 0.4) is 0 Å². The highest BCUT2D eigenvalue weighted by molar-refractivity contribution is 7.98. The van der Waals surface area contributed by atoms with Crippen LogP contribution in [0.15, 0.2) is 96.2 Å². The second-order valence-corrected chi connectivity index (χ2v) is 11.3. The molecule has 1 heterocycles. The molecule has 0 aliphatic carbocycles. The van der Waals surface area contributed by atoms with E-state index < -0.39 is 16.9 Å². The SMILES string of the molecule is COc1cc(C(=O)NC(Cc2ccccc2)c2nnc(SCc3cccc(C)c3)n2-c2ccc([N+](=O)[O-])cc2)cc(OC)c1OC. The molecule has 5 aromatic rings. The first-order valence-electron chi connectivity index (χ1n) is 14.3. The third-order valence-electron chi connectivity index (χ3n) is 7.25. The molecule has 5 rings (SSSR count). The summed E-state index contributed by atoms with van der Waals surface area (Å²) in [5, 5.41) is 24.3. The first-order valence-corrected chi connectivity index (χ1v) is 15.3. The molecule has 12 heteroatoms. The molecule has 0 aliphatic heterocycles. The van der Waals surface area contributed by atoms with Crippen LogP contribution in [-0.4, -0.2) is 46.9 Å². The summed E-state index contributed by atoms with van der Waals surface area (Å²) in [5.74, 6) is 1.74. The molecule has 0 saturated heterocycles. The van der Waals surface area contributed by atoms with E-state index in [0.717, 1.165) is 16.7 Å². The number of hydrogen-bond acceptors (Lipinski definition) is 9. The number of nitro benzene ring substituents is 1. The Morgan fingerprint density at radius 1 is 0.891 bits per heavy atom. The number of carbonyl (C=O) groups is 1. The average Bonchev–Trinajstić information content (AvgIpc) is 3.50. The fraction of sp³-hybridized carbons (Fsp3) is 0.206. The van der Waals surface area contributed by atoms with E-state index in [2.05, 4.69) is 21.6 Å². The van der Waals surface area contributed by atoms with Gasteiger partial charge in [-0.3, -0.25) is 19.5 Å². The molecule has 4 aromatic carbocycles. The van der Waals surface area contributed by atoms with Crippen LogP contribution < -0.4 is 19.5 Å². The maximum atomic E-state index is 13.9. The molecule has 1 aromatic heterocycles. The van der Waals surface area contributed by atoms with Crippen LogP contribution in [-0.2, 0) is 12.2 Å². The Labute approximate surface area is 270 Å². The van der Waals surface area contributed by atoms with Crippen LogP contribution in [0.4, 0.5) is 5.69 Å². The number of hydrogen-bond donors (Lipinski definition) is 1. The number of aryl methyl sites for hydroxylation is 1. The van der Waals surface area contributed by atoms with E-state index in [0.29, 0.717) is 51.7 Å². The Bertz CT molecular complexity index is 1800. The fourth-order valence-electron chi connectivity index (χ4n) is 5.03. The predicted molar refractivity (Wildman–Crippen MR) is 175 cm³/mol. The van der Waals surface area contributed by atoms with Gasteiger partial charge in [0.1, 0.15) is 0 Å². The molecule has 0 fully saturated rings. The normalized spacial score (nSPS) is 11.5. The van der Waals surface area contributed by atoms with Gasteiger partial charge in [-0.25, -0.2) is 0 Å². The number of nitrogens with one attached hydrogen (secondary N) is 1. The summed E-state index contributed by atoms with van der Waals surface area (Å²) >= 11 is 1.48. The topological polar surface area (TPSA) is 131 Å². The summed E-state index contributed by atoms with van der Waals surface area (Å²) in [6.45, 7) is 2.04. The van der Waals surface area contributed by atoms with E-state index in [1.165, 1.54) is 45.2 Å². The number of nitro groups is 1. The minimum atomic E-state index is -0.648. The van der Waals surface area contributed by atoms with Crippen molar-refractivity contribution in [3.8, 4) is 22.9 Å². The number of amides is 1. The van der Waals surface area contributed by atoms with Crippen molar-refractivity contribution in [1.82, 2.24) is 20.1 Å². The number of methoxy groups -OCH3 is 3. The molecule has 0 aliphatic rings. The average molecular weight is 640 g/mol. The van der Waals surface area contributed by atoms with Crippen molar-refractivity contribution >= 4 is 23.4 Å². The number of rotatable bonds is 13. The van der Waals surface area contributed by atoms with E-state index in [1.54, 1.807) is 24.3 Å². The van der Waals surface area contributed by atoms with Crippen molar-refractivity contribution in [2.75, 3.05) is 21.3 Å². The van der Waals surface area contributed by atoms with Crippen molar-refractivity contribution in [2.45, 2.75) is 30.3 Å². The first-order chi connectivity index (χ1) is 22.3. The molecule has 1 N–H and O–H groups in total. The molecule has 11 nitrogen and oxygen atoms in total. The minimum absolute atomic E-state index is 0.0381. The lowest BCUT2D eigenvalue weighted by Crippen LogP contribution is -2.32. The zero-order chi connectivity index (χ0) is 32.6. The van der Waals surface area contributed by atoms with Crippen molar-refractivity contribution in [3.63, 3.8) is 0 Å². The van der Waals surface area contributed by atoms with Gasteiger partial charge in [0, 0.05) is 29.1 Å². The number of benzene rings is 4. The van der Waals surface area contributed by atoms with Gasteiger partial charge in [0.05, 0.1) is 32.3 Å².